The number of halogens is 2. The van der Waals surface area contributed by atoms with Crippen molar-refractivity contribution in [2.45, 2.75) is 18.2 Å². The van der Waals surface area contributed by atoms with Crippen molar-refractivity contribution in [1.29, 1.82) is 0 Å². The molecule has 27 heavy (non-hydrogen) atoms. The molecule has 0 spiro atoms. The summed E-state index contributed by atoms with van der Waals surface area (Å²) in [5.74, 6) is -3.13. The van der Waals surface area contributed by atoms with Crippen LogP contribution in [0.15, 0.2) is 46.9 Å². The molecule has 0 amide bonds. The highest BCUT2D eigenvalue weighted by molar-refractivity contribution is 7.90. The molecule has 0 heterocycles. The Kier molecular flexibility index (Phi) is 4.73. The Bertz CT molecular complexity index is 1110. The van der Waals surface area contributed by atoms with E-state index in [-0.39, 0.29) is 11.3 Å². The average Bonchev–Trinajstić information content (AvgIpc) is 2.80. The molecule has 3 rings (SSSR count). The number of carboxylic acid groups (broad SMARTS) is 1. The van der Waals surface area contributed by atoms with Gasteiger partial charge in [0.2, 0.25) is 0 Å². The monoisotopic (exact) mass is 390 g/mol. The summed E-state index contributed by atoms with van der Waals surface area (Å²) < 4.78 is 50.6. The molecule has 1 N–H and O–H groups in total. The van der Waals surface area contributed by atoms with Crippen molar-refractivity contribution in [3.8, 4) is 0 Å². The number of carbonyl (C=O) groups is 1. The Morgan fingerprint density at radius 2 is 1.63 bits per heavy atom. The largest absolute Gasteiger partial charge is 0.481 e. The minimum atomic E-state index is -3.33. The molecule has 1 aliphatic rings. The Morgan fingerprint density at radius 3 is 2.15 bits per heavy atom. The van der Waals surface area contributed by atoms with Crippen LogP contribution in [0.1, 0.15) is 30.0 Å². The Labute approximate surface area is 155 Å². The number of aliphatic carboxylic acids is 1. The van der Waals surface area contributed by atoms with Gasteiger partial charge in [-0.15, -0.1) is 0 Å². The fraction of sp³-hybridized carbons (Fsp3) is 0.150. The van der Waals surface area contributed by atoms with Crippen LogP contribution in [0.4, 0.5) is 8.78 Å². The Morgan fingerprint density at radius 1 is 1.07 bits per heavy atom. The molecule has 4 nitrogen and oxygen atoms in total. The van der Waals surface area contributed by atoms with Crippen LogP contribution in [0, 0.1) is 11.6 Å². The van der Waals surface area contributed by atoms with Crippen LogP contribution in [0.3, 0.4) is 0 Å². The standard InChI is InChI=1S/C20H16F2O4S/c1-11-14(7-12-3-5-13(6-4-12)27(2,25)26)16-8-18(21)19(22)9-17(16)15(11)10-20(23)24/h3-9H,10H2,1-2H3,(H,23,24). The topological polar surface area (TPSA) is 71.4 Å². The first kappa shape index (κ1) is 19.0. The first-order chi connectivity index (χ1) is 12.6. The molecule has 0 radical (unpaired) electrons. The molecule has 0 saturated heterocycles. The lowest BCUT2D eigenvalue weighted by Crippen LogP contribution is -1.98. The van der Waals surface area contributed by atoms with Gasteiger partial charge in [-0.25, -0.2) is 17.2 Å². The molecular weight excluding hydrogens is 374 g/mol. The highest BCUT2D eigenvalue weighted by atomic mass is 32.2. The van der Waals surface area contributed by atoms with E-state index < -0.39 is 27.4 Å². The van der Waals surface area contributed by atoms with Gasteiger partial charge in [0.25, 0.3) is 0 Å². The number of hydrogen-bond acceptors (Lipinski definition) is 3. The van der Waals surface area contributed by atoms with Gasteiger partial charge in [-0.3, -0.25) is 4.79 Å². The van der Waals surface area contributed by atoms with Crippen molar-refractivity contribution in [3.05, 3.63) is 70.3 Å². The van der Waals surface area contributed by atoms with Crippen molar-refractivity contribution in [3.63, 3.8) is 0 Å². The summed E-state index contributed by atoms with van der Waals surface area (Å²) in [4.78, 5) is 11.4. The van der Waals surface area contributed by atoms with Crippen LogP contribution in [0.5, 0.6) is 0 Å². The number of fused-ring (bicyclic) bond motifs is 1. The van der Waals surface area contributed by atoms with Gasteiger partial charge in [0.1, 0.15) is 0 Å². The number of hydrogen-bond donors (Lipinski definition) is 1. The summed E-state index contributed by atoms with van der Waals surface area (Å²) >= 11 is 0. The van der Waals surface area contributed by atoms with Gasteiger partial charge >= 0.3 is 5.97 Å². The highest BCUT2D eigenvalue weighted by Gasteiger charge is 2.27. The maximum absolute atomic E-state index is 13.8. The van der Waals surface area contributed by atoms with Crippen LogP contribution < -0.4 is 0 Å². The number of sulfone groups is 1. The van der Waals surface area contributed by atoms with E-state index in [1.807, 2.05) is 0 Å². The lowest BCUT2D eigenvalue weighted by molar-refractivity contribution is -0.135. The van der Waals surface area contributed by atoms with E-state index in [0.717, 1.165) is 18.4 Å². The second-order valence-electron chi connectivity index (χ2n) is 6.39. The van der Waals surface area contributed by atoms with Gasteiger partial charge in [-0.1, -0.05) is 12.1 Å². The predicted octanol–water partition coefficient (Wildman–Crippen LogP) is 4.17. The van der Waals surface area contributed by atoms with Crippen molar-refractivity contribution >= 4 is 33.0 Å². The number of carboxylic acids is 1. The molecule has 140 valence electrons. The molecule has 0 saturated carbocycles. The molecular formula is C20H16F2O4S. The molecule has 0 atom stereocenters. The molecule has 7 heteroatoms. The SMILES string of the molecule is CC1=C(CC(=O)O)c2cc(F)c(F)cc2C1=Cc1ccc(S(C)(=O)=O)cc1. The minimum Gasteiger partial charge on any atom is -0.481 e. The van der Waals surface area contributed by atoms with Gasteiger partial charge in [0, 0.05) is 6.26 Å². The number of rotatable bonds is 4. The first-order valence-electron chi connectivity index (χ1n) is 8.01. The molecule has 0 unspecified atom stereocenters. The molecule has 2 aromatic carbocycles. The molecule has 0 fully saturated rings. The first-order valence-corrected chi connectivity index (χ1v) is 9.90. The van der Waals surface area contributed by atoms with E-state index in [4.69, 9.17) is 5.11 Å². The highest BCUT2D eigenvalue weighted by Crippen LogP contribution is 2.44. The average molecular weight is 390 g/mol. The second-order valence-corrected chi connectivity index (χ2v) is 8.40. The van der Waals surface area contributed by atoms with Crippen LogP contribution in [0.25, 0.3) is 17.2 Å². The van der Waals surface area contributed by atoms with Gasteiger partial charge < -0.3 is 5.11 Å². The zero-order valence-corrected chi connectivity index (χ0v) is 15.4. The van der Waals surface area contributed by atoms with E-state index in [2.05, 4.69) is 0 Å². The Hall–Kier alpha value is -2.80. The third-order valence-corrected chi connectivity index (χ3v) is 5.61. The summed E-state index contributed by atoms with van der Waals surface area (Å²) in [6.45, 7) is 1.70. The van der Waals surface area contributed by atoms with Gasteiger partial charge in [0.05, 0.1) is 11.3 Å². The predicted molar refractivity (Wildman–Crippen MR) is 98.6 cm³/mol. The zero-order chi connectivity index (χ0) is 19.9. The summed E-state index contributed by atoms with van der Waals surface area (Å²) in [5.41, 5.74) is 3.04. The van der Waals surface area contributed by atoms with Crippen molar-refractivity contribution < 1.29 is 27.1 Å². The van der Waals surface area contributed by atoms with Crippen molar-refractivity contribution in [2.24, 2.45) is 0 Å². The maximum Gasteiger partial charge on any atom is 0.307 e. The van der Waals surface area contributed by atoms with E-state index in [9.17, 15) is 22.0 Å². The summed E-state index contributed by atoms with van der Waals surface area (Å²) in [5, 5.41) is 9.15. The smallest absolute Gasteiger partial charge is 0.307 e. The van der Waals surface area contributed by atoms with Crippen LogP contribution >= 0.6 is 0 Å². The third kappa shape index (κ3) is 3.68. The fourth-order valence-electron chi connectivity index (χ4n) is 3.13. The maximum atomic E-state index is 13.8. The van der Waals surface area contributed by atoms with E-state index >= 15 is 0 Å². The minimum absolute atomic E-state index is 0.170. The van der Waals surface area contributed by atoms with Crippen molar-refractivity contribution in [1.82, 2.24) is 0 Å². The van der Waals surface area contributed by atoms with Gasteiger partial charge in [-0.05, 0) is 70.7 Å². The summed E-state index contributed by atoms with van der Waals surface area (Å²) in [7, 11) is -3.33. The fourth-order valence-corrected chi connectivity index (χ4v) is 3.76. The lowest BCUT2D eigenvalue weighted by Gasteiger charge is -2.06. The quantitative estimate of drug-likeness (QED) is 0.851. The second kappa shape index (κ2) is 6.74. The number of benzene rings is 2. The van der Waals surface area contributed by atoms with E-state index in [1.165, 1.54) is 12.1 Å². The van der Waals surface area contributed by atoms with E-state index in [1.54, 1.807) is 25.1 Å². The molecule has 0 aromatic heterocycles. The molecule has 2 aromatic rings. The Balaban J connectivity index is 2.15. The number of allylic oxidation sites excluding steroid dienone is 2. The lowest BCUT2D eigenvalue weighted by atomic mass is 10.0. The van der Waals surface area contributed by atoms with Gasteiger partial charge in [0.15, 0.2) is 21.5 Å². The van der Waals surface area contributed by atoms with Crippen LogP contribution in [0.2, 0.25) is 0 Å². The molecule has 0 aliphatic heterocycles. The molecule has 0 bridgehead atoms. The van der Waals surface area contributed by atoms with E-state index in [0.29, 0.717) is 33.4 Å². The van der Waals surface area contributed by atoms with Crippen LogP contribution in [-0.4, -0.2) is 25.7 Å². The zero-order valence-electron chi connectivity index (χ0n) is 14.6. The summed E-state index contributed by atoms with van der Waals surface area (Å²) in [6.07, 6.45) is 2.50. The molecule has 1 aliphatic carbocycles. The van der Waals surface area contributed by atoms with Crippen LogP contribution in [-0.2, 0) is 14.6 Å². The van der Waals surface area contributed by atoms with Crippen molar-refractivity contribution in [2.75, 3.05) is 6.26 Å². The summed E-state index contributed by atoms with van der Waals surface area (Å²) in [6, 6.07) is 8.19. The van der Waals surface area contributed by atoms with Gasteiger partial charge in [-0.2, -0.15) is 0 Å². The normalized spacial score (nSPS) is 15.3. The third-order valence-electron chi connectivity index (χ3n) is 4.48.